The summed E-state index contributed by atoms with van der Waals surface area (Å²) in [7, 11) is -3.88. The van der Waals surface area contributed by atoms with Crippen molar-refractivity contribution in [3.05, 3.63) is 24.3 Å². The Balaban J connectivity index is 2.37. The Bertz CT molecular complexity index is 595. The van der Waals surface area contributed by atoms with Crippen LogP contribution in [0.1, 0.15) is 0 Å². The van der Waals surface area contributed by atoms with Gasteiger partial charge in [-0.3, -0.25) is 14.9 Å². The number of carbonyl (C=O) groups excluding carboxylic acids is 2. The molecule has 0 spiro atoms. The lowest BCUT2D eigenvalue weighted by Gasteiger charge is -2.24. The lowest BCUT2D eigenvalue weighted by Crippen LogP contribution is -2.53. The molecule has 0 aromatic heterocycles. The Morgan fingerprint density at radius 3 is 2.33 bits per heavy atom. The lowest BCUT2D eigenvalue weighted by molar-refractivity contribution is -0.134. The van der Waals surface area contributed by atoms with Gasteiger partial charge in [0.15, 0.2) is 0 Å². The monoisotopic (exact) mass is 269 g/mol. The molecule has 7 nitrogen and oxygen atoms in total. The molecule has 1 fully saturated rings. The molecule has 2 rings (SSSR count). The molecule has 3 N–H and O–H groups in total. The second-order valence-corrected chi connectivity index (χ2v) is 5.75. The van der Waals surface area contributed by atoms with Gasteiger partial charge in [0.25, 0.3) is 0 Å². The number of carbonyl (C=O) groups is 2. The van der Waals surface area contributed by atoms with E-state index >= 15 is 0 Å². The Morgan fingerprint density at radius 1 is 1.17 bits per heavy atom. The Hall–Kier alpha value is -1.93. The van der Waals surface area contributed by atoms with Gasteiger partial charge < -0.3 is 5.73 Å². The molecule has 8 heteroatoms. The van der Waals surface area contributed by atoms with Crippen LogP contribution in [-0.4, -0.2) is 37.6 Å². The van der Waals surface area contributed by atoms with Gasteiger partial charge in [0.2, 0.25) is 21.8 Å². The van der Waals surface area contributed by atoms with Crippen molar-refractivity contribution < 1.29 is 18.0 Å². The fourth-order valence-corrected chi connectivity index (χ4v) is 3.01. The highest BCUT2D eigenvalue weighted by atomic mass is 32.2. The summed E-state index contributed by atoms with van der Waals surface area (Å²) in [5, 5.41) is 2.04. The SMILES string of the molecule is Nc1cccc(S(=O)(=O)N2CC(=O)NC(=O)C2)c1. The van der Waals surface area contributed by atoms with E-state index in [1.165, 1.54) is 18.2 Å². The minimum Gasteiger partial charge on any atom is -0.399 e. The Labute approximate surface area is 104 Å². The number of nitrogen functional groups attached to an aromatic ring is 1. The van der Waals surface area contributed by atoms with E-state index in [1.807, 2.05) is 5.32 Å². The van der Waals surface area contributed by atoms with Crippen LogP contribution >= 0.6 is 0 Å². The zero-order valence-corrected chi connectivity index (χ0v) is 10.1. The van der Waals surface area contributed by atoms with Crippen molar-refractivity contribution in [3.8, 4) is 0 Å². The number of sulfonamides is 1. The number of imide groups is 1. The number of rotatable bonds is 2. The van der Waals surface area contributed by atoms with Crippen molar-refractivity contribution in [2.75, 3.05) is 18.8 Å². The van der Waals surface area contributed by atoms with E-state index in [-0.39, 0.29) is 18.0 Å². The van der Waals surface area contributed by atoms with Crippen LogP contribution in [0.4, 0.5) is 5.69 Å². The van der Waals surface area contributed by atoms with Crippen molar-refractivity contribution in [2.45, 2.75) is 4.90 Å². The van der Waals surface area contributed by atoms with Crippen molar-refractivity contribution in [3.63, 3.8) is 0 Å². The number of nitrogens with one attached hydrogen (secondary N) is 1. The molecule has 1 aliphatic rings. The van der Waals surface area contributed by atoms with Crippen LogP contribution in [0.15, 0.2) is 29.2 Å². The van der Waals surface area contributed by atoms with E-state index < -0.39 is 21.8 Å². The van der Waals surface area contributed by atoms with Gasteiger partial charge in [-0.2, -0.15) is 4.31 Å². The average Bonchev–Trinajstić information content (AvgIpc) is 2.27. The molecule has 96 valence electrons. The third-order valence-electron chi connectivity index (χ3n) is 2.41. The van der Waals surface area contributed by atoms with E-state index in [1.54, 1.807) is 6.07 Å². The predicted octanol–water partition coefficient (Wildman–Crippen LogP) is -1.08. The molecule has 1 saturated heterocycles. The predicted molar refractivity (Wildman–Crippen MR) is 62.8 cm³/mol. The molecule has 2 amide bonds. The number of anilines is 1. The topological polar surface area (TPSA) is 110 Å². The van der Waals surface area contributed by atoms with Gasteiger partial charge in [-0.1, -0.05) is 6.07 Å². The van der Waals surface area contributed by atoms with Gasteiger partial charge in [0.05, 0.1) is 18.0 Å². The van der Waals surface area contributed by atoms with Gasteiger partial charge in [0, 0.05) is 5.69 Å². The Kier molecular flexibility index (Phi) is 3.05. The van der Waals surface area contributed by atoms with E-state index in [0.29, 0.717) is 5.69 Å². The summed E-state index contributed by atoms with van der Waals surface area (Å²) < 4.78 is 25.2. The fourth-order valence-electron chi connectivity index (χ4n) is 1.60. The van der Waals surface area contributed by atoms with Gasteiger partial charge in [-0.05, 0) is 18.2 Å². The van der Waals surface area contributed by atoms with Gasteiger partial charge in [-0.25, -0.2) is 8.42 Å². The number of hydrogen-bond donors (Lipinski definition) is 2. The van der Waals surface area contributed by atoms with Gasteiger partial charge >= 0.3 is 0 Å². The fraction of sp³-hybridized carbons (Fsp3) is 0.200. The molecule has 0 atom stereocenters. The van der Waals surface area contributed by atoms with Crippen molar-refractivity contribution in [1.29, 1.82) is 0 Å². The van der Waals surface area contributed by atoms with Crippen LogP contribution in [0, 0.1) is 0 Å². The summed E-state index contributed by atoms with van der Waals surface area (Å²) in [6, 6.07) is 5.69. The lowest BCUT2D eigenvalue weighted by atomic mass is 10.3. The number of amides is 2. The molecule has 0 unspecified atom stereocenters. The standard InChI is InChI=1S/C10H11N3O4S/c11-7-2-1-3-8(4-7)18(16,17)13-5-9(14)12-10(15)6-13/h1-4H,5-6,11H2,(H,12,14,15). The minimum atomic E-state index is -3.88. The van der Waals surface area contributed by atoms with E-state index in [9.17, 15) is 18.0 Å². The van der Waals surface area contributed by atoms with Crippen molar-refractivity contribution in [2.24, 2.45) is 0 Å². The smallest absolute Gasteiger partial charge is 0.244 e. The molecule has 1 aliphatic heterocycles. The summed E-state index contributed by atoms with van der Waals surface area (Å²) in [4.78, 5) is 22.3. The highest BCUT2D eigenvalue weighted by Gasteiger charge is 2.32. The third kappa shape index (κ3) is 2.34. The second-order valence-electron chi connectivity index (χ2n) is 3.82. The third-order valence-corrected chi connectivity index (χ3v) is 4.20. The first-order valence-corrected chi connectivity index (χ1v) is 6.52. The zero-order valence-electron chi connectivity index (χ0n) is 9.29. The van der Waals surface area contributed by atoms with Gasteiger partial charge in [0.1, 0.15) is 0 Å². The van der Waals surface area contributed by atoms with Crippen LogP contribution < -0.4 is 11.1 Å². The molecule has 18 heavy (non-hydrogen) atoms. The van der Waals surface area contributed by atoms with Crippen molar-refractivity contribution in [1.82, 2.24) is 9.62 Å². The summed E-state index contributed by atoms with van der Waals surface area (Å²) in [5.74, 6) is -1.28. The quantitative estimate of drug-likeness (QED) is 0.524. The normalized spacial score (nSPS) is 17.6. The number of nitrogens with zero attached hydrogens (tertiary/aromatic N) is 1. The summed E-state index contributed by atoms with van der Waals surface area (Å²) >= 11 is 0. The zero-order chi connectivity index (χ0) is 13.3. The first kappa shape index (κ1) is 12.5. The largest absolute Gasteiger partial charge is 0.399 e. The van der Waals surface area contributed by atoms with E-state index in [4.69, 9.17) is 5.73 Å². The molecule has 1 heterocycles. The van der Waals surface area contributed by atoms with Crippen LogP contribution in [0.25, 0.3) is 0 Å². The van der Waals surface area contributed by atoms with E-state index in [0.717, 1.165) is 4.31 Å². The molecule has 0 radical (unpaired) electrons. The highest BCUT2D eigenvalue weighted by molar-refractivity contribution is 7.89. The molecule has 0 aliphatic carbocycles. The van der Waals surface area contributed by atoms with Gasteiger partial charge in [-0.15, -0.1) is 0 Å². The molecular weight excluding hydrogens is 258 g/mol. The maximum Gasteiger partial charge on any atom is 0.244 e. The summed E-state index contributed by atoms with van der Waals surface area (Å²) in [5.41, 5.74) is 5.81. The first-order valence-electron chi connectivity index (χ1n) is 5.08. The molecule has 0 saturated carbocycles. The van der Waals surface area contributed by atoms with Crippen molar-refractivity contribution >= 4 is 27.5 Å². The van der Waals surface area contributed by atoms with Crippen LogP contribution in [0.5, 0.6) is 0 Å². The molecule has 1 aromatic carbocycles. The summed E-state index contributed by atoms with van der Waals surface area (Å²) in [6.45, 7) is -0.744. The maximum absolute atomic E-state index is 12.2. The maximum atomic E-state index is 12.2. The average molecular weight is 269 g/mol. The Morgan fingerprint density at radius 2 is 1.78 bits per heavy atom. The number of nitrogens with two attached hydrogens (primary N) is 1. The summed E-state index contributed by atoms with van der Waals surface area (Å²) in [6.07, 6.45) is 0. The number of piperazine rings is 1. The second kappa shape index (κ2) is 4.39. The highest BCUT2D eigenvalue weighted by Crippen LogP contribution is 2.18. The molecular formula is C10H11N3O4S. The van der Waals surface area contributed by atoms with Crippen LogP contribution in [0.3, 0.4) is 0 Å². The minimum absolute atomic E-state index is 0.0370. The number of hydrogen-bond acceptors (Lipinski definition) is 5. The van der Waals surface area contributed by atoms with E-state index in [2.05, 4.69) is 0 Å². The van der Waals surface area contributed by atoms with Crippen LogP contribution in [0.2, 0.25) is 0 Å². The molecule has 1 aromatic rings. The molecule has 0 bridgehead atoms. The first-order chi connectivity index (χ1) is 8.39. The number of benzene rings is 1. The van der Waals surface area contributed by atoms with Crippen LogP contribution in [-0.2, 0) is 19.6 Å².